The molecule has 0 radical (unpaired) electrons. The van der Waals surface area contributed by atoms with Crippen LogP contribution in [0.5, 0.6) is 0 Å². The summed E-state index contributed by atoms with van der Waals surface area (Å²) in [5.74, 6) is -2.37. The summed E-state index contributed by atoms with van der Waals surface area (Å²) in [6.45, 7) is 3.81. The molecular weight excluding hydrogens is 646 g/mol. The number of carbonyl (C=O) groups excluding carboxylic acids is 7. The number of ether oxygens (including phenoxy) is 1. The van der Waals surface area contributed by atoms with E-state index in [-0.39, 0.29) is 68.4 Å². The Morgan fingerprint density at radius 1 is 0.820 bits per heavy atom. The molecule has 6 N–H and O–H groups in total. The van der Waals surface area contributed by atoms with Gasteiger partial charge in [0.1, 0.15) is 18.6 Å². The Balaban J connectivity index is 1.10. The maximum atomic E-state index is 13.0. The highest BCUT2D eigenvalue weighted by atomic mass is 16.5. The summed E-state index contributed by atoms with van der Waals surface area (Å²) in [5.41, 5.74) is 0.189. The predicted molar refractivity (Wildman–Crippen MR) is 182 cm³/mol. The molecule has 1 aliphatic heterocycles. The van der Waals surface area contributed by atoms with Gasteiger partial charge in [-0.2, -0.15) is 0 Å². The van der Waals surface area contributed by atoms with E-state index < -0.39 is 41.6 Å². The fraction of sp³-hybridized carbons (Fsp3) is 0.629. The lowest BCUT2D eigenvalue weighted by atomic mass is 9.93. The minimum absolute atomic E-state index is 0.0846. The number of hydrogen-bond acceptors (Lipinski definition) is 9. The molecule has 3 fully saturated rings. The van der Waals surface area contributed by atoms with Crippen LogP contribution in [0.25, 0.3) is 0 Å². The van der Waals surface area contributed by atoms with Crippen LogP contribution < -0.4 is 31.9 Å². The maximum absolute atomic E-state index is 13.0. The van der Waals surface area contributed by atoms with Gasteiger partial charge >= 0.3 is 0 Å². The molecule has 4 rings (SSSR count). The van der Waals surface area contributed by atoms with Crippen LogP contribution in [-0.2, 0) is 44.7 Å². The first kappa shape index (κ1) is 38.4. The molecule has 15 nitrogen and oxygen atoms in total. The number of nitrogens with one attached hydrogen (secondary N) is 6. The van der Waals surface area contributed by atoms with Crippen LogP contribution in [0.3, 0.4) is 0 Å². The second-order valence-corrected chi connectivity index (χ2v) is 13.7. The van der Waals surface area contributed by atoms with E-state index >= 15 is 0 Å². The van der Waals surface area contributed by atoms with Crippen molar-refractivity contribution in [2.24, 2.45) is 11.3 Å². The molecule has 1 saturated heterocycles. The van der Waals surface area contributed by atoms with E-state index in [0.717, 1.165) is 44.1 Å². The zero-order valence-electron chi connectivity index (χ0n) is 29.1. The molecule has 6 amide bonds. The van der Waals surface area contributed by atoms with Crippen molar-refractivity contribution in [3.05, 3.63) is 35.9 Å². The van der Waals surface area contributed by atoms with Crippen molar-refractivity contribution >= 4 is 41.2 Å². The Kier molecular flexibility index (Phi) is 13.9. The lowest BCUT2D eigenvalue weighted by Gasteiger charge is -2.23. The lowest BCUT2D eigenvalue weighted by Crippen LogP contribution is -2.52. The number of unbranched alkanes of at least 4 members (excludes halogenated alkanes) is 2. The Morgan fingerprint density at radius 2 is 1.48 bits per heavy atom. The molecule has 2 saturated carbocycles. The first-order valence-corrected chi connectivity index (χ1v) is 17.5. The smallest absolute Gasteiger partial charge is 0.243 e. The highest BCUT2D eigenvalue weighted by molar-refractivity contribution is 5.93. The average molecular weight is 698 g/mol. The molecule has 1 atom stereocenters. The van der Waals surface area contributed by atoms with Crippen molar-refractivity contribution in [1.29, 1.82) is 0 Å². The number of rotatable bonds is 22. The van der Waals surface area contributed by atoms with Crippen LogP contribution in [0.4, 0.5) is 0 Å². The van der Waals surface area contributed by atoms with Crippen LogP contribution in [0, 0.1) is 11.3 Å². The van der Waals surface area contributed by atoms with Gasteiger partial charge in [0, 0.05) is 25.3 Å². The van der Waals surface area contributed by atoms with Crippen LogP contribution in [0.15, 0.2) is 30.3 Å². The van der Waals surface area contributed by atoms with E-state index in [1.807, 2.05) is 24.8 Å². The van der Waals surface area contributed by atoms with Crippen molar-refractivity contribution in [3.8, 4) is 0 Å². The number of amides is 6. The fourth-order valence-corrected chi connectivity index (χ4v) is 6.07. The largest absolute Gasteiger partial charge is 0.360 e. The molecule has 274 valence electrons. The van der Waals surface area contributed by atoms with Crippen LogP contribution in [0.1, 0.15) is 70.8 Å². The van der Waals surface area contributed by atoms with Gasteiger partial charge < -0.3 is 36.2 Å². The molecule has 1 heterocycles. The van der Waals surface area contributed by atoms with Crippen LogP contribution in [-0.4, -0.2) is 104 Å². The minimum Gasteiger partial charge on any atom is -0.360 e. The molecule has 0 bridgehead atoms. The summed E-state index contributed by atoms with van der Waals surface area (Å²) < 4.78 is 5.53. The van der Waals surface area contributed by atoms with E-state index in [9.17, 15) is 33.6 Å². The summed E-state index contributed by atoms with van der Waals surface area (Å²) in [6, 6.07) is 7.98. The number of hydrogen-bond donors (Lipinski definition) is 6. The number of ketones is 1. The Morgan fingerprint density at radius 3 is 2.16 bits per heavy atom. The van der Waals surface area contributed by atoms with Gasteiger partial charge in [0.05, 0.1) is 43.9 Å². The molecule has 0 aromatic heterocycles. The Hall–Kier alpha value is -4.37. The number of carbonyl (C=O) groups is 7. The summed E-state index contributed by atoms with van der Waals surface area (Å²) in [7, 11) is 0. The molecule has 3 aliphatic rings. The molecule has 15 heteroatoms. The van der Waals surface area contributed by atoms with Gasteiger partial charge in [-0.25, -0.2) is 0 Å². The first-order valence-electron chi connectivity index (χ1n) is 17.5. The third-order valence-corrected chi connectivity index (χ3v) is 9.30. The topological polar surface area (TPSA) is 204 Å². The van der Waals surface area contributed by atoms with Gasteiger partial charge in [0.2, 0.25) is 35.4 Å². The van der Waals surface area contributed by atoms with Gasteiger partial charge in [0.15, 0.2) is 0 Å². The van der Waals surface area contributed by atoms with E-state index in [1.54, 1.807) is 24.3 Å². The van der Waals surface area contributed by atoms with Crippen LogP contribution in [0.2, 0.25) is 0 Å². The van der Waals surface area contributed by atoms with E-state index in [0.29, 0.717) is 19.5 Å². The standard InChI is InChI=1S/C35H51N7O8/c1-24(2)32(48)34(12-13-34)22-50-23-39-29(45)19-38-33(49)26(17-25-9-5-3-6-10-25)41-30(46)20-37-28(44)18-36-27(43)11-7-4-8-16-42-31(47)21-40-35(42)14-15-35/h3,5-6,9-10,24,26,40H,4,7-8,11-23H2,1-2H3,(H,36,43)(H,37,44)(H,38,49)(H,39,45)(H,41,46). The van der Waals surface area contributed by atoms with Crippen molar-refractivity contribution in [3.63, 3.8) is 0 Å². The molecule has 1 aromatic carbocycles. The molecule has 1 spiro atoms. The third kappa shape index (κ3) is 11.6. The van der Waals surface area contributed by atoms with Gasteiger partial charge in [-0.1, -0.05) is 50.6 Å². The predicted octanol–water partition coefficient (Wildman–Crippen LogP) is -0.360. The van der Waals surface area contributed by atoms with Crippen molar-refractivity contribution < 1.29 is 38.3 Å². The zero-order valence-corrected chi connectivity index (χ0v) is 29.1. The van der Waals surface area contributed by atoms with Crippen molar-refractivity contribution in [1.82, 2.24) is 36.8 Å². The molecule has 1 unspecified atom stereocenters. The second-order valence-electron chi connectivity index (χ2n) is 13.7. The fourth-order valence-electron chi connectivity index (χ4n) is 6.07. The lowest BCUT2D eigenvalue weighted by molar-refractivity contribution is -0.132. The Labute approximate surface area is 292 Å². The highest BCUT2D eigenvalue weighted by Gasteiger charge is 2.53. The molecule has 50 heavy (non-hydrogen) atoms. The summed E-state index contributed by atoms with van der Waals surface area (Å²) >= 11 is 0. The van der Waals surface area contributed by atoms with Gasteiger partial charge in [-0.05, 0) is 44.1 Å². The zero-order chi connectivity index (χ0) is 36.1. The van der Waals surface area contributed by atoms with Gasteiger partial charge in [0.25, 0.3) is 0 Å². The van der Waals surface area contributed by atoms with Gasteiger partial charge in [-0.15, -0.1) is 0 Å². The number of Topliss-reactive ketones (excluding diaryl/α,β-unsaturated/α-hetero) is 1. The maximum Gasteiger partial charge on any atom is 0.243 e. The van der Waals surface area contributed by atoms with E-state index in [2.05, 4.69) is 31.9 Å². The third-order valence-electron chi connectivity index (χ3n) is 9.30. The quantitative estimate of drug-likeness (QED) is 0.0691. The molecular formula is C35H51N7O8. The molecule has 1 aromatic rings. The second kappa shape index (κ2) is 18.0. The SMILES string of the molecule is CC(C)C(=O)C1(COCNC(=O)CNC(=O)C(Cc2ccccc2)NC(=O)CNC(=O)CNC(=O)CCCCCN2C(=O)CNC23CC3)CC1. The summed E-state index contributed by atoms with van der Waals surface area (Å²) in [6.07, 6.45) is 6.09. The first-order chi connectivity index (χ1) is 23.9. The summed E-state index contributed by atoms with van der Waals surface area (Å²) in [4.78, 5) is 88.8. The number of benzene rings is 1. The molecule has 2 aliphatic carbocycles. The van der Waals surface area contributed by atoms with Crippen molar-refractivity contribution in [2.75, 3.05) is 46.1 Å². The van der Waals surface area contributed by atoms with Crippen molar-refractivity contribution in [2.45, 2.75) is 83.3 Å². The highest BCUT2D eigenvalue weighted by Crippen LogP contribution is 2.48. The average Bonchev–Trinajstić information content (AvgIpc) is 4.03. The normalized spacial score (nSPS) is 17.2. The van der Waals surface area contributed by atoms with Crippen LogP contribution >= 0.6 is 0 Å². The monoisotopic (exact) mass is 697 g/mol. The number of nitrogens with zero attached hydrogens (tertiary/aromatic N) is 1. The van der Waals surface area contributed by atoms with E-state index in [4.69, 9.17) is 4.74 Å². The summed E-state index contributed by atoms with van der Waals surface area (Å²) in [5, 5.41) is 15.9. The minimum atomic E-state index is -1.03. The Bertz CT molecular complexity index is 1390. The van der Waals surface area contributed by atoms with Gasteiger partial charge in [-0.3, -0.25) is 38.9 Å². The van der Waals surface area contributed by atoms with E-state index in [1.165, 1.54) is 0 Å².